The zero-order chi connectivity index (χ0) is 31.8. The van der Waals surface area contributed by atoms with Crippen LogP contribution in [0.3, 0.4) is 0 Å². The number of carbonyl (C=O) groups is 6. The SMILES string of the molecule is CCC(C)[C@@H](NC)C(=O)CC(O)(C(=O)O)C(=O)C(O)(CC(=O)C(C)(O)C(=O)[C@H](CC(C)C)NC)C(=O)[C@H](C)NC. The van der Waals surface area contributed by atoms with E-state index in [1.807, 2.05) is 0 Å². The minimum Gasteiger partial charge on any atom is -0.479 e. The van der Waals surface area contributed by atoms with Crippen LogP contribution in [0.1, 0.15) is 67.2 Å². The van der Waals surface area contributed by atoms with Gasteiger partial charge in [-0.05, 0) is 53.2 Å². The predicted molar refractivity (Wildman–Crippen MR) is 146 cm³/mol. The molecule has 0 aliphatic rings. The highest BCUT2D eigenvalue weighted by Gasteiger charge is 2.61. The van der Waals surface area contributed by atoms with Gasteiger partial charge in [-0.15, -0.1) is 0 Å². The van der Waals surface area contributed by atoms with Gasteiger partial charge in [0, 0.05) is 0 Å². The first-order chi connectivity index (χ1) is 18.2. The van der Waals surface area contributed by atoms with Crippen molar-refractivity contribution in [3.8, 4) is 0 Å². The fraction of sp³-hybridized carbons (Fsp3) is 0.778. The van der Waals surface area contributed by atoms with E-state index in [0.717, 1.165) is 6.92 Å². The van der Waals surface area contributed by atoms with E-state index in [4.69, 9.17) is 0 Å². The molecular formula is C27H47N3O10. The van der Waals surface area contributed by atoms with E-state index in [1.54, 1.807) is 27.7 Å². The number of nitrogens with one attached hydrogen (secondary N) is 3. The number of Topliss-reactive ketones (excluding diaryl/α,β-unsaturated/α-hetero) is 5. The van der Waals surface area contributed by atoms with Crippen LogP contribution in [0.5, 0.6) is 0 Å². The number of hydrogen-bond donors (Lipinski definition) is 7. The Balaban J connectivity index is 6.75. The molecule has 0 spiro atoms. The molecule has 0 aromatic rings. The number of carboxylic acid groups (broad SMARTS) is 1. The Bertz CT molecular complexity index is 966. The molecule has 0 saturated carbocycles. The minimum atomic E-state index is -3.61. The first-order valence-electron chi connectivity index (χ1n) is 13.3. The highest BCUT2D eigenvalue weighted by atomic mass is 16.4. The maximum absolute atomic E-state index is 13.6. The van der Waals surface area contributed by atoms with Crippen LogP contribution in [0.25, 0.3) is 0 Å². The van der Waals surface area contributed by atoms with E-state index in [-0.39, 0.29) is 18.3 Å². The Labute approximate surface area is 235 Å². The zero-order valence-electron chi connectivity index (χ0n) is 25.0. The fourth-order valence-electron chi connectivity index (χ4n) is 4.43. The molecule has 0 aromatic heterocycles. The van der Waals surface area contributed by atoms with E-state index in [1.165, 1.54) is 28.1 Å². The lowest BCUT2D eigenvalue weighted by Crippen LogP contribution is -2.66. The quantitative estimate of drug-likeness (QED) is 0.0851. The van der Waals surface area contributed by atoms with E-state index >= 15 is 0 Å². The lowest BCUT2D eigenvalue weighted by molar-refractivity contribution is -0.181. The van der Waals surface area contributed by atoms with E-state index in [9.17, 15) is 49.2 Å². The van der Waals surface area contributed by atoms with Crippen LogP contribution in [0, 0.1) is 11.8 Å². The number of ketones is 5. The molecular weight excluding hydrogens is 526 g/mol. The first kappa shape index (κ1) is 37.6. The zero-order valence-corrected chi connectivity index (χ0v) is 25.0. The van der Waals surface area contributed by atoms with E-state index in [2.05, 4.69) is 16.0 Å². The number of hydrogen-bond acceptors (Lipinski definition) is 12. The predicted octanol–water partition coefficient (Wildman–Crippen LogP) is -1.21. The molecule has 0 aliphatic carbocycles. The Morgan fingerprint density at radius 1 is 0.775 bits per heavy atom. The normalized spacial score (nSPS) is 19.3. The largest absolute Gasteiger partial charge is 0.479 e. The number of aliphatic carboxylic acids is 1. The second-order valence-corrected chi connectivity index (χ2v) is 11.0. The molecule has 0 aromatic carbocycles. The van der Waals surface area contributed by atoms with Crippen molar-refractivity contribution in [3.63, 3.8) is 0 Å². The Morgan fingerprint density at radius 2 is 1.30 bits per heavy atom. The van der Waals surface area contributed by atoms with Crippen LogP contribution in [-0.2, 0) is 28.8 Å². The van der Waals surface area contributed by atoms with Gasteiger partial charge in [-0.2, -0.15) is 0 Å². The van der Waals surface area contributed by atoms with Gasteiger partial charge in [-0.3, -0.25) is 24.0 Å². The summed E-state index contributed by atoms with van der Waals surface area (Å²) in [7, 11) is 4.15. The lowest BCUT2D eigenvalue weighted by atomic mass is 9.72. The van der Waals surface area contributed by atoms with E-state index < -0.39 is 82.7 Å². The standard InChI is InChI=1S/C27H47N3O10/c1-10-15(4)20(30-9)18(31)12-27(40,24(36)37)23(35)26(39,21(33)16(5)28-7)13-19(32)25(6,38)22(34)17(29-8)11-14(2)3/h14-17,20,28-30,38-40H,10-13H2,1-9H3,(H,36,37)/t15?,16-,17-,20+,25?,26?,27?/m0/s1. The average molecular weight is 574 g/mol. The minimum absolute atomic E-state index is 0.0242. The van der Waals surface area contributed by atoms with Gasteiger partial charge in [-0.1, -0.05) is 34.1 Å². The third kappa shape index (κ3) is 8.30. The maximum atomic E-state index is 13.6. The molecule has 0 bridgehead atoms. The Hall–Kier alpha value is -2.42. The van der Waals surface area contributed by atoms with Gasteiger partial charge in [0.15, 0.2) is 34.3 Å². The van der Waals surface area contributed by atoms with Gasteiger partial charge < -0.3 is 36.4 Å². The topological polar surface area (TPSA) is 219 Å². The van der Waals surface area contributed by atoms with Gasteiger partial charge in [0.1, 0.15) is 0 Å². The molecule has 0 aliphatic heterocycles. The summed E-state index contributed by atoms with van der Waals surface area (Å²) in [6.07, 6.45) is -2.14. The molecule has 0 radical (unpaired) electrons. The molecule has 0 amide bonds. The van der Waals surface area contributed by atoms with Gasteiger partial charge >= 0.3 is 5.97 Å². The number of rotatable bonds is 20. The van der Waals surface area contributed by atoms with E-state index in [0.29, 0.717) is 6.42 Å². The summed E-state index contributed by atoms with van der Waals surface area (Å²) < 4.78 is 0. The van der Waals surface area contributed by atoms with Crippen LogP contribution >= 0.6 is 0 Å². The second-order valence-electron chi connectivity index (χ2n) is 11.0. The smallest absolute Gasteiger partial charge is 0.344 e. The molecule has 0 heterocycles. The fourth-order valence-corrected chi connectivity index (χ4v) is 4.43. The molecule has 0 fully saturated rings. The molecule has 13 heteroatoms. The van der Waals surface area contributed by atoms with Crippen molar-refractivity contribution < 1.29 is 49.2 Å². The van der Waals surface area contributed by atoms with Crippen LogP contribution in [0.15, 0.2) is 0 Å². The Morgan fingerprint density at radius 3 is 1.68 bits per heavy atom. The highest BCUT2D eigenvalue weighted by molar-refractivity contribution is 6.25. The molecule has 13 nitrogen and oxygen atoms in total. The summed E-state index contributed by atoms with van der Waals surface area (Å²) in [4.78, 5) is 78.3. The van der Waals surface area contributed by atoms with Crippen LogP contribution in [0.2, 0.25) is 0 Å². The summed E-state index contributed by atoms with van der Waals surface area (Å²) in [6, 6.07) is -3.31. The number of likely N-dealkylation sites (N-methyl/N-ethyl adjacent to an activating group) is 3. The maximum Gasteiger partial charge on any atom is 0.344 e. The summed E-state index contributed by atoms with van der Waals surface area (Å²) in [6.45, 7) is 9.11. The van der Waals surface area contributed by atoms with Gasteiger partial charge in [0.25, 0.3) is 0 Å². The molecule has 7 N–H and O–H groups in total. The van der Waals surface area contributed by atoms with Crippen molar-refractivity contribution in [2.24, 2.45) is 11.8 Å². The molecule has 4 unspecified atom stereocenters. The van der Waals surface area contributed by atoms with Crippen LogP contribution < -0.4 is 16.0 Å². The summed E-state index contributed by atoms with van der Waals surface area (Å²) in [5.41, 5.74) is -9.93. The summed E-state index contributed by atoms with van der Waals surface area (Å²) in [5.74, 6) is -9.35. The Kier molecular flexibility index (Phi) is 14.1. The number of carboxylic acids is 1. The van der Waals surface area contributed by atoms with Crippen molar-refractivity contribution in [1.29, 1.82) is 0 Å². The monoisotopic (exact) mass is 573 g/mol. The van der Waals surface area contributed by atoms with Gasteiger partial charge in [0.05, 0.1) is 31.0 Å². The molecule has 230 valence electrons. The van der Waals surface area contributed by atoms with Crippen molar-refractivity contribution >= 4 is 34.9 Å². The first-order valence-corrected chi connectivity index (χ1v) is 13.3. The van der Waals surface area contributed by atoms with Crippen LogP contribution in [0.4, 0.5) is 0 Å². The van der Waals surface area contributed by atoms with Crippen molar-refractivity contribution in [2.45, 2.75) is 102 Å². The molecule has 7 atom stereocenters. The number of carbonyl (C=O) groups excluding carboxylic acids is 5. The third-order valence-electron chi connectivity index (χ3n) is 7.45. The van der Waals surface area contributed by atoms with Gasteiger partial charge in [-0.25, -0.2) is 4.79 Å². The van der Waals surface area contributed by atoms with Crippen LogP contribution in [-0.4, -0.2) is 111 Å². The second kappa shape index (κ2) is 15.0. The van der Waals surface area contributed by atoms with Crippen molar-refractivity contribution in [3.05, 3.63) is 0 Å². The molecule has 0 rings (SSSR count). The molecule has 0 saturated heterocycles. The summed E-state index contributed by atoms with van der Waals surface area (Å²) in [5, 5.41) is 51.0. The van der Waals surface area contributed by atoms with Crippen molar-refractivity contribution in [2.75, 3.05) is 21.1 Å². The third-order valence-corrected chi connectivity index (χ3v) is 7.45. The summed E-state index contributed by atoms with van der Waals surface area (Å²) >= 11 is 0. The lowest BCUT2D eigenvalue weighted by Gasteiger charge is -2.35. The average Bonchev–Trinajstić information content (AvgIpc) is 2.89. The van der Waals surface area contributed by atoms with Gasteiger partial charge in [0.2, 0.25) is 11.4 Å². The highest BCUT2D eigenvalue weighted by Crippen LogP contribution is 2.30. The van der Waals surface area contributed by atoms with Crippen molar-refractivity contribution in [1.82, 2.24) is 16.0 Å². The number of aliphatic hydroxyl groups is 3. The molecule has 40 heavy (non-hydrogen) atoms.